The number of carboxylic acids is 1. The molecule has 1 aromatic carbocycles. The lowest BCUT2D eigenvalue weighted by Gasteiger charge is -2.22. The molecular weight excluding hydrogens is 368 g/mol. The first kappa shape index (κ1) is 23.3. The number of benzene rings is 1. The molecule has 28 heavy (non-hydrogen) atoms. The predicted octanol–water partition coefficient (Wildman–Crippen LogP) is -1.56. The van der Waals surface area contributed by atoms with E-state index in [1.165, 1.54) is 12.1 Å². The summed E-state index contributed by atoms with van der Waals surface area (Å²) in [5.41, 5.74) is 11.9. The van der Waals surface area contributed by atoms with Gasteiger partial charge in [-0.15, -0.1) is 0 Å². The number of amides is 2. The summed E-state index contributed by atoms with van der Waals surface area (Å²) in [7, 11) is 0. The van der Waals surface area contributed by atoms with Crippen molar-refractivity contribution in [2.24, 2.45) is 11.5 Å². The SMILES string of the molecule is NCCCC[C@H](N)C(=O)N[C@@H](Cc1ccc(O)cc1)C(=O)N[C@@H](CO)C(=O)O. The molecule has 10 nitrogen and oxygen atoms in total. The number of aromatic hydroxyl groups is 1. The Bertz CT molecular complexity index is 652. The zero-order valence-electron chi connectivity index (χ0n) is 15.5. The summed E-state index contributed by atoms with van der Waals surface area (Å²) in [4.78, 5) is 35.9. The number of carbonyl (C=O) groups is 3. The number of aliphatic hydroxyl groups excluding tert-OH is 1. The second-order valence-electron chi connectivity index (χ2n) is 6.40. The highest BCUT2D eigenvalue weighted by molar-refractivity contribution is 5.92. The van der Waals surface area contributed by atoms with Crippen LogP contribution in [-0.4, -0.2) is 64.4 Å². The Kier molecular flexibility index (Phi) is 9.93. The van der Waals surface area contributed by atoms with Gasteiger partial charge >= 0.3 is 5.97 Å². The number of carboxylic acid groups (broad SMARTS) is 1. The van der Waals surface area contributed by atoms with Crippen molar-refractivity contribution in [2.45, 2.75) is 43.8 Å². The van der Waals surface area contributed by atoms with E-state index in [1.54, 1.807) is 12.1 Å². The fourth-order valence-corrected chi connectivity index (χ4v) is 2.45. The maximum atomic E-state index is 12.5. The van der Waals surface area contributed by atoms with Crippen LogP contribution in [0.2, 0.25) is 0 Å². The van der Waals surface area contributed by atoms with Gasteiger partial charge in [-0.1, -0.05) is 18.6 Å². The molecule has 0 aliphatic heterocycles. The largest absolute Gasteiger partial charge is 0.508 e. The highest BCUT2D eigenvalue weighted by atomic mass is 16.4. The number of aliphatic carboxylic acids is 1. The number of carbonyl (C=O) groups excluding carboxylic acids is 2. The van der Waals surface area contributed by atoms with Crippen LogP contribution in [0.3, 0.4) is 0 Å². The molecule has 156 valence electrons. The molecule has 0 radical (unpaired) electrons. The van der Waals surface area contributed by atoms with Gasteiger partial charge in [0.1, 0.15) is 17.8 Å². The third kappa shape index (κ3) is 7.91. The summed E-state index contributed by atoms with van der Waals surface area (Å²) in [5.74, 6) is -2.67. The zero-order valence-corrected chi connectivity index (χ0v) is 15.5. The molecule has 1 aromatic rings. The Morgan fingerprint density at radius 3 is 2.14 bits per heavy atom. The molecule has 0 bridgehead atoms. The third-order valence-electron chi connectivity index (χ3n) is 4.11. The number of phenols is 1. The lowest BCUT2D eigenvalue weighted by molar-refractivity contribution is -0.143. The minimum absolute atomic E-state index is 0.0435. The van der Waals surface area contributed by atoms with E-state index < -0.39 is 42.5 Å². The van der Waals surface area contributed by atoms with Gasteiger partial charge in [-0.3, -0.25) is 9.59 Å². The monoisotopic (exact) mass is 396 g/mol. The second kappa shape index (κ2) is 11.9. The quantitative estimate of drug-likeness (QED) is 0.206. The molecule has 10 heteroatoms. The van der Waals surface area contributed by atoms with Crippen molar-refractivity contribution in [3.05, 3.63) is 29.8 Å². The van der Waals surface area contributed by atoms with Gasteiger partial charge in [-0.05, 0) is 37.1 Å². The average Bonchev–Trinajstić information content (AvgIpc) is 2.66. The van der Waals surface area contributed by atoms with Gasteiger partial charge in [-0.25, -0.2) is 4.79 Å². The van der Waals surface area contributed by atoms with Crippen molar-refractivity contribution in [3.8, 4) is 5.75 Å². The maximum absolute atomic E-state index is 12.5. The fourth-order valence-electron chi connectivity index (χ4n) is 2.45. The summed E-state index contributed by atoms with van der Waals surface area (Å²) < 4.78 is 0. The number of hydrogen-bond donors (Lipinski definition) is 7. The Morgan fingerprint density at radius 2 is 1.61 bits per heavy atom. The molecule has 2 amide bonds. The summed E-state index contributed by atoms with van der Waals surface area (Å²) in [5, 5.41) is 32.2. The van der Waals surface area contributed by atoms with E-state index in [2.05, 4.69) is 10.6 Å². The number of hydrogen-bond acceptors (Lipinski definition) is 7. The average molecular weight is 396 g/mol. The first-order valence-electron chi connectivity index (χ1n) is 8.96. The molecule has 0 heterocycles. The van der Waals surface area contributed by atoms with E-state index in [0.717, 1.165) is 6.42 Å². The minimum atomic E-state index is -1.50. The molecule has 0 saturated heterocycles. The summed E-state index contributed by atoms with van der Waals surface area (Å²) in [6.45, 7) is -0.308. The maximum Gasteiger partial charge on any atom is 0.328 e. The Balaban J connectivity index is 2.87. The highest BCUT2D eigenvalue weighted by Crippen LogP contribution is 2.12. The smallest absolute Gasteiger partial charge is 0.328 e. The van der Waals surface area contributed by atoms with Crippen LogP contribution >= 0.6 is 0 Å². The number of nitrogens with one attached hydrogen (secondary N) is 2. The van der Waals surface area contributed by atoms with Crippen LogP contribution in [0.15, 0.2) is 24.3 Å². The van der Waals surface area contributed by atoms with Crippen molar-refractivity contribution < 1.29 is 29.7 Å². The van der Waals surface area contributed by atoms with Crippen LogP contribution in [0, 0.1) is 0 Å². The van der Waals surface area contributed by atoms with Crippen molar-refractivity contribution in [1.82, 2.24) is 10.6 Å². The van der Waals surface area contributed by atoms with E-state index in [1.807, 2.05) is 0 Å². The molecule has 0 unspecified atom stereocenters. The van der Waals surface area contributed by atoms with E-state index in [9.17, 15) is 19.5 Å². The molecular formula is C18H28N4O6. The van der Waals surface area contributed by atoms with Crippen molar-refractivity contribution in [2.75, 3.05) is 13.2 Å². The first-order valence-corrected chi connectivity index (χ1v) is 8.96. The van der Waals surface area contributed by atoms with Gasteiger partial charge < -0.3 is 37.4 Å². The van der Waals surface area contributed by atoms with Gasteiger partial charge in [0.15, 0.2) is 0 Å². The molecule has 0 aliphatic rings. The second-order valence-corrected chi connectivity index (χ2v) is 6.40. The number of phenolic OH excluding ortho intramolecular Hbond substituents is 1. The topological polar surface area (TPSA) is 188 Å². The van der Waals surface area contributed by atoms with E-state index in [-0.39, 0.29) is 12.2 Å². The van der Waals surface area contributed by atoms with Crippen LogP contribution in [0.4, 0.5) is 0 Å². The van der Waals surface area contributed by atoms with Crippen LogP contribution in [0.5, 0.6) is 5.75 Å². The zero-order chi connectivity index (χ0) is 21.1. The first-order chi connectivity index (χ1) is 13.3. The number of rotatable bonds is 12. The predicted molar refractivity (Wildman–Crippen MR) is 101 cm³/mol. The standard InChI is InChI=1S/C18H28N4O6/c19-8-2-1-3-13(20)16(25)21-14(9-11-4-6-12(24)7-5-11)17(26)22-15(10-23)18(27)28/h4-7,13-15,23-24H,1-3,8-10,19-20H2,(H,21,25)(H,22,26)(H,27,28)/t13-,14-,15-/m0/s1. The van der Waals surface area contributed by atoms with E-state index in [0.29, 0.717) is 24.9 Å². The lowest BCUT2D eigenvalue weighted by atomic mass is 10.0. The van der Waals surface area contributed by atoms with Gasteiger partial charge in [0.2, 0.25) is 11.8 Å². The molecule has 1 rings (SSSR count). The van der Waals surface area contributed by atoms with E-state index >= 15 is 0 Å². The Hall–Kier alpha value is -2.69. The molecule has 0 aromatic heterocycles. The van der Waals surface area contributed by atoms with Crippen LogP contribution in [0.25, 0.3) is 0 Å². The van der Waals surface area contributed by atoms with Gasteiger partial charge in [-0.2, -0.15) is 0 Å². The molecule has 9 N–H and O–H groups in total. The molecule has 0 spiro atoms. The lowest BCUT2D eigenvalue weighted by Crippen LogP contribution is -2.55. The van der Waals surface area contributed by atoms with Crippen molar-refractivity contribution in [3.63, 3.8) is 0 Å². The molecule has 0 aliphatic carbocycles. The summed E-state index contributed by atoms with van der Waals surface area (Å²) in [6.07, 6.45) is 1.82. The van der Waals surface area contributed by atoms with Gasteiger partial charge in [0.05, 0.1) is 12.6 Å². The third-order valence-corrected chi connectivity index (χ3v) is 4.11. The number of nitrogens with two attached hydrogens (primary N) is 2. The fraction of sp³-hybridized carbons (Fsp3) is 0.500. The van der Waals surface area contributed by atoms with Crippen molar-refractivity contribution in [1.29, 1.82) is 0 Å². The Morgan fingerprint density at radius 1 is 1.00 bits per heavy atom. The number of unbranched alkanes of at least 4 members (excludes halogenated alkanes) is 1. The van der Waals surface area contributed by atoms with E-state index in [4.69, 9.17) is 21.7 Å². The summed E-state index contributed by atoms with van der Waals surface area (Å²) in [6, 6.07) is 2.57. The Labute approximate surface area is 162 Å². The minimum Gasteiger partial charge on any atom is -0.508 e. The van der Waals surface area contributed by atoms with Crippen LogP contribution < -0.4 is 22.1 Å². The summed E-state index contributed by atoms with van der Waals surface area (Å²) >= 11 is 0. The van der Waals surface area contributed by atoms with Gasteiger partial charge in [0, 0.05) is 6.42 Å². The molecule has 0 fully saturated rings. The molecule has 3 atom stereocenters. The highest BCUT2D eigenvalue weighted by Gasteiger charge is 2.27. The normalized spacial score (nSPS) is 14.0. The number of aliphatic hydroxyl groups is 1. The molecule has 0 saturated carbocycles. The van der Waals surface area contributed by atoms with Crippen LogP contribution in [0.1, 0.15) is 24.8 Å². The van der Waals surface area contributed by atoms with Gasteiger partial charge in [0.25, 0.3) is 0 Å². The van der Waals surface area contributed by atoms with Crippen molar-refractivity contribution >= 4 is 17.8 Å². The van der Waals surface area contributed by atoms with Crippen LogP contribution in [-0.2, 0) is 20.8 Å².